The van der Waals surface area contributed by atoms with Gasteiger partial charge in [0.05, 0.1) is 11.1 Å². The largest absolute Gasteiger partial charge is 0.744 e. The van der Waals surface area contributed by atoms with Crippen LogP contribution in [0.2, 0.25) is 0 Å². The summed E-state index contributed by atoms with van der Waals surface area (Å²) < 4.78 is 42.8. The Bertz CT molecular complexity index is 1350. The Morgan fingerprint density at radius 2 is 1.10 bits per heavy atom. The molecule has 0 radical (unpaired) electrons. The fourth-order valence-electron chi connectivity index (χ4n) is 3.46. The number of pyridine rings is 1. The second-order valence-corrected chi connectivity index (χ2v) is 14.0. The highest BCUT2D eigenvalue weighted by Crippen LogP contribution is 2.33. The van der Waals surface area contributed by atoms with Gasteiger partial charge >= 0.3 is 0 Å². The molecule has 0 aliphatic carbocycles. The molecule has 0 atom stereocenters. The van der Waals surface area contributed by atoms with Crippen molar-refractivity contribution in [3.05, 3.63) is 103 Å². The third-order valence-corrected chi connectivity index (χ3v) is 7.92. The molecule has 4 aromatic rings. The lowest BCUT2D eigenvalue weighted by Crippen LogP contribution is -2.23. The van der Waals surface area contributed by atoms with E-state index in [1.165, 1.54) is 39.0 Å². The van der Waals surface area contributed by atoms with Crippen LogP contribution in [0.25, 0.3) is 0 Å². The zero-order chi connectivity index (χ0) is 28.7. The molecular weight excluding hydrogens is 530 g/mol. The molecule has 0 fully saturated rings. The molecule has 0 unspecified atom stereocenters. The predicted octanol–water partition coefficient (Wildman–Crippen LogP) is 7.12. The summed E-state index contributed by atoms with van der Waals surface area (Å²) in [6.45, 7) is 12.3. The molecular formula is C31H35NO5S2. The molecule has 4 rings (SSSR count). The van der Waals surface area contributed by atoms with Crippen LogP contribution in [0.1, 0.15) is 41.5 Å². The van der Waals surface area contributed by atoms with Gasteiger partial charge in [0.25, 0.3) is 0 Å². The predicted molar refractivity (Wildman–Crippen MR) is 154 cm³/mol. The van der Waals surface area contributed by atoms with Crippen LogP contribution in [0.5, 0.6) is 11.5 Å². The molecule has 6 nitrogen and oxygen atoms in total. The van der Waals surface area contributed by atoms with E-state index in [0.717, 1.165) is 11.5 Å². The number of ether oxygens (including phenoxy) is 2. The van der Waals surface area contributed by atoms with Crippen LogP contribution < -0.4 is 9.47 Å². The molecule has 0 aliphatic heterocycles. The van der Waals surface area contributed by atoms with Crippen LogP contribution in [-0.2, 0) is 21.0 Å². The summed E-state index contributed by atoms with van der Waals surface area (Å²) in [6.07, 6.45) is 3.76. The quantitative estimate of drug-likeness (QED) is 0.183. The highest BCUT2D eigenvalue weighted by Gasteiger charge is 2.29. The van der Waals surface area contributed by atoms with Gasteiger partial charge in [0.2, 0.25) is 0 Å². The van der Waals surface area contributed by atoms with Crippen molar-refractivity contribution in [3.8, 4) is 11.5 Å². The molecule has 3 aromatic carbocycles. The maximum atomic E-state index is 10.3. The molecule has 0 N–H and O–H groups in total. The third-order valence-electron chi connectivity index (χ3n) is 4.87. The summed E-state index contributed by atoms with van der Waals surface area (Å²) in [6, 6.07) is 28.1. The number of aromatic nitrogens is 1. The van der Waals surface area contributed by atoms with Gasteiger partial charge in [0.1, 0.15) is 43.7 Å². The lowest BCUT2D eigenvalue weighted by atomic mass is 10.2. The maximum Gasteiger partial charge on any atom is 0.184 e. The molecule has 0 amide bonds. The van der Waals surface area contributed by atoms with E-state index in [1.807, 2.05) is 42.7 Å². The molecule has 8 heteroatoms. The summed E-state index contributed by atoms with van der Waals surface area (Å²) in [7, 11) is -4.50. The van der Waals surface area contributed by atoms with Gasteiger partial charge in [-0.05, 0) is 114 Å². The molecule has 0 spiro atoms. The average Bonchev–Trinajstić information content (AvgIpc) is 2.86. The molecule has 0 aliphatic rings. The minimum atomic E-state index is -4.25. The molecule has 0 saturated carbocycles. The van der Waals surface area contributed by atoms with Gasteiger partial charge in [0, 0.05) is 6.20 Å². The molecule has 206 valence electrons. The first-order valence-electron chi connectivity index (χ1n) is 12.4. The zero-order valence-electron chi connectivity index (χ0n) is 23.1. The Morgan fingerprint density at radius 1 is 0.641 bits per heavy atom. The van der Waals surface area contributed by atoms with Crippen molar-refractivity contribution in [2.75, 3.05) is 0 Å². The van der Waals surface area contributed by atoms with Crippen LogP contribution in [0, 0.1) is 0 Å². The lowest BCUT2D eigenvalue weighted by Gasteiger charge is -2.21. The van der Waals surface area contributed by atoms with Gasteiger partial charge in [-0.1, -0.05) is 18.2 Å². The van der Waals surface area contributed by atoms with Crippen LogP contribution in [0.15, 0.2) is 123 Å². The molecule has 0 bridgehead atoms. The van der Waals surface area contributed by atoms with E-state index in [1.54, 1.807) is 6.07 Å². The number of nitrogens with zero attached hydrogens (tertiary/aromatic N) is 1. The standard InChI is InChI=1S/C25H30NO2S.C6H6O3S/c1-24(2,3)27-19-9-13-21(14-10-19)29(23-8-7-17-26-18-23)22-15-11-20(12-16-22)28-25(4,5)6;7-10(8,9)6-4-2-1-3-5-6/h7-18H,1-6H3;1-5H,(H,7,8,9)/q+1;/p-1. The highest BCUT2D eigenvalue weighted by atomic mass is 32.2. The minimum Gasteiger partial charge on any atom is -0.744 e. The zero-order valence-corrected chi connectivity index (χ0v) is 24.8. The second-order valence-electron chi connectivity index (χ2n) is 10.6. The highest BCUT2D eigenvalue weighted by molar-refractivity contribution is 7.97. The fourth-order valence-corrected chi connectivity index (χ4v) is 5.96. The topological polar surface area (TPSA) is 88.6 Å². The molecule has 1 heterocycles. The monoisotopic (exact) mass is 565 g/mol. The summed E-state index contributed by atoms with van der Waals surface area (Å²) in [5.74, 6) is 1.76. The van der Waals surface area contributed by atoms with Gasteiger partial charge in [-0.15, -0.1) is 0 Å². The molecule has 39 heavy (non-hydrogen) atoms. The lowest BCUT2D eigenvalue weighted by molar-refractivity contribution is 0.130. The van der Waals surface area contributed by atoms with Crippen molar-refractivity contribution in [1.82, 2.24) is 4.98 Å². The summed E-state index contributed by atoms with van der Waals surface area (Å²) in [4.78, 5) is 7.79. The van der Waals surface area contributed by atoms with Gasteiger partial charge in [0.15, 0.2) is 14.7 Å². The number of hydrogen-bond donors (Lipinski definition) is 0. The Kier molecular flexibility index (Phi) is 9.83. The van der Waals surface area contributed by atoms with E-state index < -0.39 is 10.1 Å². The Morgan fingerprint density at radius 3 is 1.44 bits per heavy atom. The van der Waals surface area contributed by atoms with Crippen LogP contribution in [0.3, 0.4) is 0 Å². The normalized spacial score (nSPS) is 11.9. The Labute approximate surface area is 235 Å². The van der Waals surface area contributed by atoms with Crippen molar-refractivity contribution in [3.63, 3.8) is 0 Å². The van der Waals surface area contributed by atoms with Crippen LogP contribution in [0.4, 0.5) is 0 Å². The van der Waals surface area contributed by atoms with Crippen molar-refractivity contribution in [2.24, 2.45) is 0 Å². The van der Waals surface area contributed by atoms with Crippen LogP contribution >= 0.6 is 0 Å². The SMILES string of the molecule is CC(C)(C)Oc1ccc([S+](c2ccc(OC(C)(C)C)cc2)c2cccnc2)cc1.O=S(=O)([O-])c1ccccc1. The van der Waals surface area contributed by atoms with E-state index in [9.17, 15) is 13.0 Å². The smallest absolute Gasteiger partial charge is 0.184 e. The van der Waals surface area contributed by atoms with Gasteiger partial charge < -0.3 is 14.0 Å². The van der Waals surface area contributed by atoms with Crippen LogP contribution in [-0.4, -0.2) is 29.2 Å². The van der Waals surface area contributed by atoms with Crippen molar-refractivity contribution < 1.29 is 22.4 Å². The summed E-state index contributed by atoms with van der Waals surface area (Å²) in [5, 5.41) is 0. The summed E-state index contributed by atoms with van der Waals surface area (Å²) >= 11 is 0. The Hall–Kier alpha value is -3.33. The van der Waals surface area contributed by atoms with E-state index in [0.29, 0.717) is 0 Å². The molecule has 1 aromatic heterocycles. The van der Waals surface area contributed by atoms with Gasteiger partial charge in [-0.25, -0.2) is 8.42 Å². The average molecular weight is 566 g/mol. The minimum absolute atomic E-state index is 0.185. The second kappa shape index (κ2) is 12.7. The maximum absolute atomic E-state index is 10.3. The van der Waals surface area contributed by atoms with E-state index >= 15 is 0 Å². The number of hydrogen-bond acceptors (Lipinski definition) is 6. The third kappa shape index (κ3) is 10.1. The van der Waals surface area contributed by atoms with E-state index in [2.05, 4.69) is 76.9 Å². The summed E-state index contributed by atoms with van der Waals surface area (Å²) in [5.41, 5.74) is -0.426. The van der Waals surface area contributed by atoms with E-state index in [4.69, 9.17) is 9.47 Å². The van der Waals surface area contributed by atoms with Crippen molar-refractivity contribution >= 4 is 21.0 Å². The van der Waals surface area contributed by atoms with Gasteiger partial charge in [-0.2, -0.15) is 0 Å². The first kappa shape index (κ1) is 30.2. The molecule has 0 saturated heterocycles. The first-order valence-corrected chi connectivity index (χ1v) is 15.1. The number of rotatable bonds is 6. The fraction of sp³-hybridized carbons (Fsp3) is 0.258. The number of benzene rings is 3. The van der Waals surface area contributed by atoms with Crippen molar-refractivity contribution in [2.45, 2.75) is 72.3 Å². The van der Waals surface area contributed by atoms with Gasteiger partial charge in [-0.3, -0.25) is 4.98 Å². The van der Waals surface area contributed by atoms with Crippen molar-refractivity contribution in [1.29, 1.82) is 0 Å². The Balaban J connectivity index is 0.000000353. The van der Waals surface area contributed by atoms with E-state index in [-0.39, 0.29) is 27.0 Å². The first-order chi connectivity index (χ1) is 18.2.